The second kappa shape index (κ2) is 8.33. The van der Waals surface area contributed by atoms with E-state index in [1.54, 1.807) is 23.0 Å². The molecule has 5 rings (SSSR count). The molecule has 0 spiro atoms. The van der Waals surface area contributed by atoms with Gasteiger partial charge < -0.3 is 10.5 Å². The molecule has 0 bridgehead atoms. The van der Waals surface area contributed by atoms with E-state index in [2.05, 4.69) is 27.8 Å². The zero-order chi connectivity index (χ0) is 22.9. The first-order valence-corrected chi connectivity index (χ1v) is 10.5. The molecule has 1 aliphatic heterocycles. The Hall–Kier alpha value is -4.29. The molecule has 0 atom stereocenters. The molecule has 0 unspecified atom stereocenters. The highest BCUT2D eigenvalue weighted by Gasteiger charge is 2.19. The Balaban J connectivity index is 1.59. The average Bonchev–Trinajstić information content (AvgIpc) is 3.51. The molecule has 0 saturated carbocycles. The van der Waals surface area contributed by atoms with E-state index in [1.165, 1.54) is 0 Å². The zero-order valence-electron chi connectivity index (χ0n) is 17.8. The predicted octanol–water partition coefficient (Wildman–Crippen LogP) is 2.98. The first kappa shape index (κ1) is 20.6. The third kappa shape index (κ3) is 3.77. The number of carbonyl (C=O) groups excluding carboxylic acids is 1. The Labute approximate surface area is 189 Å². The lowest BCUT2D eigenvalue weighted by Gasteiger charge is -2.22. The summed E-state index contributed by atoms with van der Waals surface area (Å²) in [5, 5.41) is 18.6. The van der Waals surface area contributed by atoms with Crippen LogP contribution in [-0.2, 0) is 9.53 Å². The Morgan fingerprint density at radius 2 is 1.94 bits per heavy atom. The number of amides is 1. The lowest BCUT2D eigenvalue weighted by molar-refractivity contribution is -0.112. The Morgan fingerprint density at radius 3 is 2.64 bits per heavy atom. The van der Waals surface area contributed by atoms with Crippen molar-refractivity contribution >= 4 is 17.0 Å². The average molecular weight is 439 g/mol. The van der Waals surface area contributed by atoms with Crippen molar-refractivity contribution < 1.29 is 9.53 Å². The molecule has 2 N–H and O–H groups in total. The molecule has 4 aromatic heterocycles. The summed E-state index contributed by atoms with van der Waals surface area (Å²) in [4.78, 5) is 15.8. The second-order valence-corrected chi connectivity index (χ2v) is 7.93. The molecule has 0 radical (unpaired) electrons. The molecule has 0 aromatic carbocycles. The first-order chi connectivity index (χ1) is 16.0. The normalized spacial score (nSPS) is 14.3. The number of carbonyl (C=O) groups is 1. The molecule has 33 heavy (non-hydrogen) atoms. The molecule has 164 valence electrons. The van der Waals surface area contributed by atoms with Crippen LogP contribution in [0.5, 0.6) is 0 Å². The fraction of sp³-hybridized carbons (Fsp3) is 0.208. The standard InChI is InChI=1S/C24H21N7O2/c1-15(24(26)32)22-3-2-16(10-27-22)21-8-17(13-31-23(21)18(9-25)11-29-31)19-12-28-30(14-19)20-4-6-33-7-5-20/h2-3,8,10-14,20H,1,4-7H2,(H2,26,32). The summed E-state index contributed by atoms with van der Waals surface area (Å²) in [6.45, 7) is 5.16. The van der Waals surface area contributed by atoms with Crippen molar-refractivity contribution in [2.24, 2.45) is 5.73 Å². The van der Waals surface area contributed by atoms with E-state index in [-0.39, 0.29) is 5.57 Å². The molecule has 9 nitrogen and oxygen atoms in total. The van der Waals surface area contributed by atoms with Crippen molar-refractivity contribution in [3.05, 3.63) is 67.0 Å². The number of aromatic nitrogens is 5. The summed E-state index contributed by atoms with van der Waals surface area (Å²) in [5.41, 5.74) is 10.4. The highest BCUT2D eigenvalue weighted by molar-refractivity contribution is 6.17. The number of fused-ring (bicyclic) bond motifs is 1. The third-order valence-electron chi connectivity index (χ3n) is 5.91. The molecule has 1 amide bonds. The van der Waals surface area contributed by atoms with Gasteiger partial charge in [0.25, 0.3) is 0 Å². The van der Waals surface area contributed by atoms with Crippen LogP contribution in [0.1, 0.15) is 30.1 Å². The van der Waals surface area contributed by atoms with E-state index in [1.807, 2.05) is 35.4 Å². The number of ether oxygens (including phenoxy) is 1. The van der Waals surface area contributed by atoms with Gasteiger partial charge in [-0.05, 0) is 25.0 Å². The summed E-state index contributed by atoms with van der Waals surface area (Å²) in [7, 11) is 0. The largest absolute Gasteiger partial charge is 0.381 e. The van der Waals surface area contributed by atoms with E-state index in [0.29, 0.717) is 22.8 Å². The molecular formula is C24H21N7O2. The Morgan fingerprint density at radius 1 is 1.12 bits per heavy atom. The highest BCUT2D eigenvalue weighted by Crippen LogP contribution is 2.32. The van der Waals surface area contributed by atoms with Gasteiger partial charge in [-0.3, -0.25) is 14.5 Å². The van der Waals surface area contributed by atoms with E-state index in [0.717, 1.165) is 48.3 Å². The summed E-state index contributed by atoms with van der Waals surface area (Å²) in [5.74, 6) is -0.622. The molecular weight excluding hydrogens is 418 g/mol. The van der Waals surface area contributed by atoms with Crippen molar-refractivity contribution in [3.63, 3.8) is 0 Å². The van der Waals surface area contributed by atoms with Crippen molar-refractivity contribution in [1.82, 2.24) is 24.4 Å². The van der Waals surface area contributed by atoms with Gasteiger partial charge in [0.05, 0.1) is 40.8 Å². The maximum Gasteiger partial charge on any atom is 0.250 e. The number of primary amides is 1. The van der Waals surface area contributed by atoms with Gasteiger partial charge in [0.2, 0.25) is 5.91 Å². The Kier molecular flexibility index (Phi) is 5.20. The monoisotopic (exact) mass is 439 g/mol. The summed E-state index contributed by atoms with van der Waals surface area (Å²) < 4.78 is 9.16. The van der Waals surface area contributed by atoms with Gasteiger partial charge in [-0.25, -0.2) is 4.52 Å². The number of nitrogens with two attached hydrogens (primary N) is 1. The predicted molar refractivity (Wildman–Crippen MR) is 122 cm³/mol. The van der Waals surface area contributed by atoms with Crippen molar-refractivity contribution in [3.8, 4) is 28.3 Å². The SMILES string of the molecule is C=C(C(N)=O)c1ccc(-c2cc(-c3cnn(C4CCOCC4)c3)cn3ncc(C#N)c23)cn1. The van der Waals surface area contributed by atoms with Gasteiger partial charge in [-0.15, -0.1) is 0 Å². The van der Waals surface area contributed by atoms with E-state index in [4.69, 9.17) is 10.5 Å². The number of hydrogen-bond donors (Lipinski definition) is 1. The van der Waals surface area contributed by atoms with Crippen molar-refractivity contribution in [2.75, 3.05) is 13.2 Å². The van der Waals surface area contributed by atoms with Crippen LogP contribution in [0.2, 0.25) is 0 Å². The molecule has 4 aromatic rings. The fourth-order valence-corrected chi connectivity index (χ4v) is 4.08. The number of hydrogen-bond acceptors (Lipinski definition) is 6. The molecule has 9 heteroatoms. The number of pyridine rings is 2. The van der Waals surface area contributed by atoms with Gasteiger partial charge in [-0.2, -0.15) is 15.5 Å². The molecule has 1 aliphatic rings. The van der Waals surface area contributed by atoms with Gasteiger partial charge in [0, 0.05) is 54.1 Å². The highest BCUT2D eigenvalue weighted by atomic mass is 16.5. The van der Waals surface area contributed by atoms with Gasteiger partial charge in [0.15, 0.2) is 0 Å². The smallest absolute Gasteiger partial charge is 0.250 e. The quantitative estimate of drug-likeness (QED) is 0.477. The minimum atomic E-state index is -0.622. The lowest BCUT2D eigenvalue weighted by Crippen LogP contribution is -2.19. The molecule has 0 aliphatic carbocycles. The maximum atomic E-state index is 11.4. The van der Waals surface area contributed by atoms with Crippen molar-refractivity contribution in [1.29, 1.82) is 5.26 Å². The topological polar surface area (TPSA) is 124 Å². The van der Waals surface area contributed by atoms with Crippen LogP contribution < -0.4 is 5.73 Å². The summed E-state index contributed by atoms with van der Waals surface area (Å²) >= 11 is 0. The third-order valence-corrected chi connectivity index (χ3v) is 5.91. The number of nitrogens with zero attached hydrogens (tertiary/aromatic N) is 6. The molecule has 1 saturated heterocycles. The number of nitriles is 1. The van der Waals surface area contributed by atoms with Crippen LogP contribution in [0.25, 0.3) is 33.3 Å². The molecule has 1 fully saturated rings. The first-order valence-electron chi connectivity index (χ1n) is 10.5. The van der Waals surface area contributed by atoms with Gasteiger partial charge >= 0.3 is 0 Å². The van der Waals surface area contributed by atoms with Crippen LogP contribution in [0.15, 0.2) is 55.8 Å². The van der Waals surface area contributed by atoms with E-state index < -0.39 is 5.91 Å². The van der Waals surface area contributed by atoms with Crippen LogP contribution in [-0.4, -0.2) is 43.5 Å². The van der Waals surface area contributed by atoms with Crippen LogP contribution in [0.4, 0.5) is 0 Å². The van der Waals surface area contributed by atoms with Gasteiger partial charge in [-0.1, -0.05) is 12.6 Å². The van der Waals surface area contributed by atoms with Crippen LogP contribution in [0, 0.1) is 11.3 Å². The lowest BCUT2D eigenvalue weighted by atomic mass is 10.0. The summed E-state index contributed by atoms with van der Waals surface area (Å²) in [6, 6.07) is 8.05. The van der Waals surface area contributed by atoms with E-state index in [9.17, 15) is 10.1 Å². The summed E-state index contributed by atoms with van der Waals surface area (Å²) in [6.07, 6.45) is 10.8. The molecule has 5 heterocycles. The van der Waals surface area contributed by atoms with Crippen LogP contribution in [0.3, 0.4) is 0 Å². The van der Waals surface area contributed by atoms with Crippen molar-refractivity contribution in [2.45, 2.75) is 18.9 Å². The Bertz CT molecular complexity index is 1400. The maximum absolute atomic E-state index is 11.4. The van der Waals surface area contributed by atoms with Gasteiger partial charge in [0.1, 0.15) is 6.07 Å². The number of rotatable bonds is 5. The van der Waals surface area contributed by atoms with E-state index >= 15 is 0 Å². The second-order valence-electron chi connectivity index (χ2n) is 7.93. The minimum Gasteiger partial charge on any atom is -0.381 e. The van der Waals surface area contributed by atoms with Crippen LogP contribution >= 0.6 is 0 Å². The minimum absolute atomic E-state index is 0.142. The zero-order valence-corrected chi connectivity index (χ0v) is 17.8. The fourth-order valence-electron chi connectivity index (χ4n) is 4.08.